The molecule has 0 saturated carbocycles. The van der Waals surface area contributed by atoms with Gasteiger partial charge < -0.3 is 5.11 Å². The van der Waals surface area contributed by atoms with Crippen molar-refractivity contribution >= 4 is 71.3 Å². The molecular weight excluding hydrogens is 419 g/mol. The summed E-state index contributed by atoms with van der Waals surface area (Å²) < 4.78 is 1.33. The predicted molar refractivity (Wildman–Crippen MR) is 129 cm³/mol. The number of hydrogen-bond acceptors (Lipinski definition) is 4. The molecule has 0 bridgehead atoms. The third kappa shape index (κ3) is 7.22. The molecule has 4 rings (SSSR count). The molecule has 31 heavy (non-hydrogen) atoms. The number of thioether (sulfide) groups is 1. The summed E-state index contributed by atoms with van der Waals surface area (Å²) in [6.45, 7) is 1.08. The van der Waals surface area contributed by atoms with Crippen molar-refractivity contribution in [2.75, 3.05) is 5.32 Å². The minimum absolute atomic E-state index is 0.202. The van der Waals surface area contributed by atoms with Crippen LogP contribution in [0.1, 0.15) is 12.5 Å². The Labute approximate surface area is 202 Å². The fraction of sp³-hybridized carbons (Fsp3) is 0.0417. The molecule has 0 spiro atoms. The van der Waals surface area contributed by atoms with Gasteiger partial charge in [-0.3, -0.25) is 4.79 Å². The van der Waals surface area contributed by atoms with Gasteiger partial charge in [0.05, 0.1) is 0 Å². The number of carboxylic acids is 1. The van der Waals surface area contributed by atoms with Crippen molar-refractivity contribution in [2.45, 2.75) is 6.92 Å². The van der Waals surface area contributed by atoms with E-state index < -0.39 is 5.97 Å². The van der Waals surface area contributed by atoms with Gasteiger partial charge in [-0.05, 0) is 5.56 Å². The van der Waals surface area contributed by atoms with Crippen LogP contribution < -0.4 is 8.13 Å². The van der Waals surface area contributed by atoms with Crippen molar-refractivity contribution in [3.05, 3.63) is 89.3 Å². The maximum atomic E-state index is 12.3. The molecule has 3 aromatic carbocycles. The second-order valence-corrected chi connectivity index (χ2v) is 9.02. The molecule has 2 N–H and O–H groups in total. The van der Waals surface area contributed by atoms with Crippen LogP contribution in [0.2, 0.25) is 0 Å². The summed E-state index contributed by atoms with van der Waals surface area (Å²) in [7, 11) is 0. The third-order valence-corrected chi connectivity index (χ3v) is 5.78. The van der Waals surface area contributed by atoms with Gasteiger partial charge in [0.25, 0.3) is 5.97 Å². The van der Waals surface area contributed by atoms with Gasteiger partial charge in [0.1, 0.15) is 0 Å². The molecule has 0 atom stereocenters. The number of aliphatic imine (C=N–C) groups is 1. The molecule has 1 aliphatic rings. The number of nitrogens with zero attached hydrogens (tertiary/aromatic N) is 1. The Bertz CT molecular complexity index is 1140. The van der Waals surface area contributed by atoms with E-state index in [9.17, 15) is 4.79 Å². The predicted octanol–water partition coefficient (Wildman–Crippen LogP) is 4.32. The fourth-order valence-electron chi connectivity index (χ4n) is 2.81. The molecule has 150 valence electrons. The summed E-state index contributed by atoms with van der Waals surface area (Å²) >= 11 is 2.40. The molecule has 0 unspecified atom stereocenters. The number of carbonyl (C=O) groups is 2. The summed E-state index contributed by atoms with van der Waals surface area (Å²) in [6.07, 6.45) is 1.90. The summed E-state index contributed by atoms with van der Waals surface area (Å²) in [5.74, 6) is -1.04. The van der Waals surface area contributed by atoms with Crippen molar-refractivity contribution in [1.29, 1.82) is 0 Å². The molecular formula is C24H19N2NaO3S. The van der Waals surface area contributed by atoms with Gasteiger partial charge in [-0.25, -0.2) is 0 Å². The number of benzene rings is 3. The summed E-state index contributed by atoms with van der Waals surface area (Å²) in [5.41, 5.74) is 4.22. The van der Waals surface area contributed by atoms with Gasteiger partial charge >= 0.3 is 139 Å². The Hall–Kier alpha value is -2.64. The van der Waals surface area contributed by atoms with E-state index in [1.165, 1.54) is 14.6 Å². The summed E-state index contributed by atoms with van der Waals surface area (Å²) in [4.78, 5) is 26.0. The monoisotopic (exact) mass is 438 g/mol. The molecule has 0 aromatic heterocycles. The van der Waals surface area contributed by atoms with E-state index in [0.29, 0.717) is 10.1 Å². The van der Waals surface area contributed by atoms with E-state index in [2.05, 4.69) is 46.7 Å². The fourth-order valence-corrected chi connectivity index (χ4v) is 3.98. The van der Waals surface area contributed by atoms with Crippen LogP contribution in [0.5, 0.6) is 0 Å². The van der Waals surface area contributed by atoms with Crippen LogP contribution in [0, 0.1) is 0 Å². The van der Waals surface area contributed by atoms with Crippen molar-refractivity contribution in [3.8, 4) is 11.1 Å². The summed E-state index contributed by atoms with van der Waals surface area (Å²) in [5, 5.41) is 11.3. The Kier molecular flexibility index (Phi) is 8.26. The standard InChI is InChI=1S/C22H15N2OS.C2H4O2.Na/c25-21-20(26-22(24-21)23-19-12-5-2-6-13-19)15-16-8-7-11-18(14-16)17-9-3-1-4-10-17;1-2(3)4;/h1,3-15H,(H,23,24,25);1H3,(H,3,4);. The second-order valence-electron chi connectivity index (χ2n) is 6.83. The first-order chi connectivity index (χ1) is 14.9. The minimum atomic E-state index is -0.833. The molecule has 1 aliphatic heterocycles. The van der Waals surface area contributed by atoms with E-state index >= 15 is 0 Å². The number of hydrogen-bond donors (Lipinski definition) is 2. The number of nitrogens with one attached hydrogen (secondary N) is 1. The molecule has 5 nitrogen and oxygen atoms in total. The molecule has 1 heterocycles. The summed E-state index contributed by atoms with van der Waals surface area (Å²) in [6, 6.07) is 26.6. The molecule has 0 radical (unpaired) electrons. The van der Waals surface area contributed by atoms with Crippen LogP contribution in [-0.2, 0) is 9.59 Å². The van der Waals surface area contributed by atoms with Crippen molar-refractivity contribution in [2.24, 2.45) is 4.99 Å². The average molecular weight is 438 g/mol. The first-order valence-corrected chi connectivity index (χ1v) is 11.4. The van der Waals surface area contributed by atoms with Crippen LogP contribution in [-0.4, -0.2) is 50.1 Å². The Morgan fingerprint density at radius 2 is 1.65 bits per heavy atom. The normalized spacial score (nSPS) is 14.0. The van der Waals surface area contributed by atoms with E-state index in [1.54, 1.807) is 0 Å². The van der Waals surface area contributed by atoms with Gasteiger partial charge in [0.15, 0.2) is 0 Å². The molecule has 7 heteroatoms. The zero-order valence-electron chi connectivity index (χ0n) is 17.2. The van der Waals surface area contributed by atoms with Crippen LogP contribution in [0.25, 0.3) is 17.2 Å². The number of carbonyl (C=O) groups excluding carboxylic acids is 1. The van der Waals surface area contributed by atoms with Crippen LogP contribution in [0.3, 0.4) is 0 Å². The van der Waals surface area contributed by atoms with Crippen LogP contribution in [0.4, 0.5) is 5.69 Å². The Balaban J connectivity index is 0.000000628. The molecule has 0 fully saturated rings. The molecule has 1 amide bonds. The van der Waals surface area contributed by atoms with Crippen molar-refractivity contribution in [3.63, 3.8) is 0 Å². The quantitative estimate of drug-likeness (QED) is 0.470. The van der Waals surface area contributed by atoms with Gasteiger partial charge in [-0.2, -0.15) is 0 Å². The number of anilines is 1. The van der Waals surface area contributed by atoms with Crippen molar-refractivity contribution in [1.82, 2.24) is 0 Å². The first-order valence-electron chi connectivity index (χ1n) is 9.62. The maximum absolute atomic E-state index is 12.3. The SMILES string of the molecule is CC(=O)O.O=C1N=C(Nc2cc[c]([Na])cc2)SC1=Cc1cccc(-c2ccccc2)c1. The molecule has 0 saturated heterocycles. The van der Waals surface area contributed by atoms with Gasteiger partial charge in [-0.1, -0.05) is 36.4 Å². The Morgan fingerprint density at radius 3 is 2.32 bits per heavy atom. The van der Waals surface area contributed by atoms with E-state index in [0.717, 1.165) is 57.2 Å². The number of carboxylic acid groups (broad SMARTS) is 1. The number of rotatable bonds is 3. The zero-order valence-corrected chi connectivity index (χ0v) is 20.0. The van der Waals surface area contributed by atoms with E-state index in [-0.39, 0.29) is 5.91 Å². The van der Waals surface area contributed by atoms with E-state index in [1.807, 2.05) is 48.5 Å². The van der Waals surface area contributed by atoms with Crippen LogP contribution in [0.15, 0.2) is 88.8 Å². The van der Waals surface area contributed by atoms with Crippen LogP contribution >= 0.6 is 11.8 Å². The topological polar surface area (TPSA) is 78.8 Å². The Morgan fingerprint density at radius 1 is 1.00 bits per heavy atom. The first kappa shape index (κ1) is 23.0. The average Bonchev–Trinajstić information content (AvgIpc) is 3.09. The second kappa shape index (κ2) is 11.1. The molecule has 3 aromatic rings. The molecule has 0 aliphatic carbocycles. The van der Waals surface area contributed by atoms with Crippen molar-refractivity contribution < 1.29 is 14.7 Å². The van der Waals surface area contributed by atoms with Gasteiger partial charge in [0, 0.05) is 6.92 Å². The van der Waals surface area contributed by atoms with Gasteiger partial charge in [0.2, 0.25) is 0 Å². The number of amidine groups is 1. The van der Waals surface area contributed by atoms with Gasteiger partial charge in [-0.15, -0.1) is 0 Å². The van der Waals surface area contributed by atoms with E-state index in [4.69, 9.17) is 9.90 Å². The third-order valence-electron chi connectivity index (χ3n) is 4.21. The zero-order chi connectivity index (χ0) is 22.2. The number of amides is 1. The number of aliphatic carboxylic acids is 1.